The minimum Gasteiger partial charge on any atom is -0.326 e. The number of nitrogens with zero attached hydrogens (tertiary/aromatic N) is 1. The average Bonchev–Trinajstić information content (AvgIpc) is 2.92. The number of halogens is 5. The van der Waals surface area contributed by atoms with Gasteiger partial charge < -0.3 is 15.2 Å². The van der Waals surface area contributed by atoms with Crippen molar-refractivity contribution in [1.29, 1.82) is 0 Å². The van der Waals surface area contributed by atoms with Gasteiger partial charge in [0, 0.05) is 24.2 Å². The summed E-state index contributed by atoms with van der Waals surface area (Å²) in [4.78, 5) is 28.6. The molecule has 2 aromatic rings. The number of hydrogen-bond donors (Lipinski definition) is 2. The third-order valence-electron chi connectivity index (χ3n) is 5.18. The minimum absolute atomic E-state index is 0.191. The van der Waals surface area contributed by atoms with Crippen molar-refractivity contribution in [2.75, 3.05) is 5.32 Å². The quantitative estimate of drug-likeness (QED) is 0.674. The summed E-state index contributed by atoms with van der Waals surface area (Å²) in [6, 6.07) is 2.96. The monoisotopic (exact) mass is 415 g/mol. The van der Waals surface area contributed by atoms with Gasteiger partial charge in [-0.2, -0.15) is 13.2 Å². The molecule has 0 aliphatic carbocycles. The van der Waals surface area contributed by atoms with E-state index in [0.717, 1.165) is 17.3 Å². The highest BCUT2D eigenvalue weighted by molar-refractivity contribution is 6.31. The molecule has 4 rings (SSSR count). The van der Waals surface area contributed by atoms with Crippen molar-refractivity contribution in [3.63, 3.8) is 0 Å². The summed E-state index contributed by atoms with van der Waals surface area (Å²) in [5.74, 6) is -1.22. The fourth-order valence-corrected chi connectivity index (χ4v) is 4.25. The number of hydrogen-bond acceptors (Lipinski definition) is 2. The second kappa shape index (κ2) is 6.51. The fraction of sp³-hybridized carbons (Fsp3) is 0.333. The molecule has 2 unspecified atom stereocenters. The van der Waals surface area contributed by atoms with E-state index in [4.69, 9.17) is 11.6 Å². The number of H-pyrrole nitrogens is 1. The zero-order chi connectivity index (χ0) is 20.2. The molecule has 1 saturated heterocycles. The number of benzene rings is 1. The molecule has 148 valence electrons. The maximum atomic E-state index is 14.1. The van der Waals surface area contributed by atoms with Crippen molar-refractivity contribution in [2.45, 2.75) is 37.5 Å². The molecule has 1 aromatic heterocycles. The van der Waals surface area contributed by atoms with Crippen molar-refractivity contribution in [1.82, 2.24) is 9.88 Å². The lowest BCUT2D eigenvalue weighted by molar-refractivity contribution is -0.137. The first kappa shape index (κ1) is 18.8. The predicted molar refractivity (Wildman–Crippen MR) is 93.8 cm³/mol. The van der Waals surface area contributed by atoms with Crippen molar-refractivity contribution >= 4 is 23.3 Å². The van der Waals surface area contributed by atoms with E-state index in [-0.39, 0.29) is 23.7 Å². The third-order valence-corrected chi connectivity index (χ3v) is 5.49. The Kier molecular flexibility index (Phi) is 4.37. The maximum Gasteiger partial charge on any atom is 0.417 e. The molecule has 0 saturated carbocycles. The summed E-state index contributed by atoms with van der Waals surface area (Å²) in [7, 11) is 0. The van der Waals surface area contributed by atoms with Crippen LogP contribution in [0, 0.1) is 5.82 Å². The van der Waals surface area contributed by atoms with Crippen LogP contribution in [0.25, 0.3) is 0 Å². The number of pyridine rings is 1. The van der Waals surface area contributed by atoms with Gasteiger partial charge >= 0.3 is 12.2 Å². The van der Waals surface area contributed by atoms with E-state index in [2.05, 4.69) is 10.3 Å². The van der Waals surface area contributed by atoms with Gasteiger partial charge in [0.05, 0.1) is 22.3 Å². The Morgan fingerprint density at radius 2 is 2.00 bits per heavy atom. The van der Waals surface area contributed by atoms with Crippen LogP contribution in [0.15, 0.2) is 29.1 Å². The fourth-order valence-electron chi connectivity index (χ4n) is 3.98. The number of rotatable bonds is 1. The summed E-state index contributed by atoms with van der Waals surface area (Å²) >= 11 is 5.62. The number of aromatic nitrogens is 1. The van der Waals surface area contributed by atoms with E-state index in [1.807, 2.05) is 0 Å². The van der Waals surface area contributed by atoms with Gasteiger partial charge in [-0.05, 0) is 36.6 Å². The van der Waals surface area contributed by atoms with Crippen molar-refractivity contribution < 1.29 is 22.4 Å². The first-order valence-electron chi connectivity index (χ1n) is 8.53. The largest absolute Gasteiger partial charge is 0.417 e. The van der Waals surface area contributed by atoms with Gasteiger partial charge in [0.1, 0.15) is 5.82 Å². The van der Waals surface area contributed by atoms with E-state index >= 15 is 0 Å². The van der Waals surface area contributed by atoms with E-state index in [1.54, 1.807) is 11.0 Å². The highest BCUT2D eigenvalue weighted by atomic mass is 35.5. The molecule has 2 amide bonds. The maximum absolute atomic E-state index is 14.1. The second-order valence-corrected chi connectivity index (χ2v) is 7.26. The van der Waals surface area contributed by atoms with Crippen molar-refractivity contribution in [3.05, 3.63) is 62.3 Å². The lowest BCUT2D eigenvalue weighted by Crippen LogP contribution is -2.45. The van der Waals surface area contributed by atoms with Gasteiger partial charge in [0.25, 0.3) is 0 Å². The number of anilines is 1. The van der Waals surface area contributed by atoms with E-state index in [1.165, 1.54) is 6.07 Å². The first-order chi connectivity index (χ1) is 13.1. The molecule has 2 N–H and O–H groups in total. The number of alkyl halides is 3. The topological polar surface area (TPSA) is 65.2 Å². The van der Waals surface area contributed by atoms with Crippen LogP contribution in [-0.2, 0) is 12.6 Å². The number of carbonyl (C=O) groups excluding carboxylic acids is 1. The van der Waals surface area contributed by atoms with E-state index in [9.17, 15) is 27.2 Å². The second-order valence-electron chi connectivity index (χ2n) is 6.85. The Hall–Kier alpha value is -2.55. The molecule has 2 bridgehead atoms. The van der Waals surface area contributed by atoms with Crippen LogP contribution >= 0.6 is 11.6 Å². The number of fused-ring (bicyclic) bond motifs is 4. The minimum atomic E-state index is -4.80. The molecule has 2 aliphatic heterocycles. The SMILES string of the molecule is O=C(Nc1cc(Cl)c(C(F)(F)F)cc1F)N1C2CCC1c1ccc(=O)[nH]c1C2. The van der Waals surface area contributed by atoms with Crippen molar-refractivity contribution in [3.8, 4) is 0 Å². The van der Waals surface area contributed by atoms with Gasteiger partial charge in [-0.1, -0.05) is 11.6 Å². The molecule has 2 atom stereocenters. The van der Waals surface area contributed by atoms with Gasteiger partial charge in [-0.25, -0.2) is 9.18 Å². The molecule has 1 aromatic carbocycles. The van der Waals surface area contributed by atoms with Crippen molar-refractivity contribution in [2.24, 2.45) is 0 Å². The van der Waals surface area contributed by atoms with E-state index < -0.39 is 34.3 Å². The molecule has 5 nitrogen and oxygen atoms in total. The summed E-state index contributed by atoms with van der Waals surface area (Å²) in [5, 5.41) is 1.63. The van der Waals surface area contributed by atoms with Gasteiger partial charge in [-0.15, -0.1) is 0 Å². The average molecular weight is 416 g/mol. The van der Waals surface area contributed by atoms with Crippen LogP contribution < -0.4 is 10.9 Å². The zero-order valence-electron chi connectivity index (χ0n) is 14.2. The Labute approximate surface area is 161 Å². The van der Waals surface area contributed by atoms with Crippen LogP contribution in [0.1, 0.15) is 35.7 Å². The van der Waals surface area contributed by atoms with Gasteiger partial charge in [-0.3, -0.25) is 4.79 Å². The highest BCUT2D eigenvalue weighted by Crippen LogP contribution is 2.43. The first-order valence-corrected chi connectivity index (χ1v) is 8.90. The Balaban J connectivity index is 1.61. The molecule has 0 radical (unpaired) electrons. The number of aromatic amines is 1. The lowest BCUT2D eigenvalue weighted by atomic mass is 9.98. The summed E-state index contributed by atoms with van der Waals surface area (Å²) in [6.07, 6.45) is -2.98. The van der Waals surface area contributed by atoms with Crippen LogP contribution in [0.5, 0.6) is 0 Å². The summed E-state index contributed by atoms with van der Waals surface area (Å²) < 4.78 is 52.6. The molecular weight excluding hydrogens is 402 g/mol. The zero-order valence-corrected chi connectivity index (χ0v) is 15.0. The Bertz CT molecular complexity index is 1020. The predicted octanol–water partition coefficient (Wildman–Crippen LogP) is 4.48. The van der Waals surface area contributed by atoms with Gasteiger partial charge in [0.2, 0.25) is 5.56 Å². The third kappa shape index (κ3) is 3.13. The van der Waals surface area contributed by atoms with Gasteiger partial charge in [0.15, 0.2) is 0 Å². The lowest BCUT2D eigenvalue weighted by Gasteiger charge is -2.36. The molecule has 1 fully saturated rings. The van der Waals surface area contributed by atoms with Crippen LogP contribution in [0.2, 0.25) is 5.02 Å². The number of urea groups is 1. The van der Waals surface area contributed by atoms with Crippen LogP contribution in [-0.4, -0.2) is 22.0 Å². The smallest absolute Gasteiger partial charge is 0.326 e. The number of nitrogens with one attached hydrogen (secondary N) is 2. The highest BCUT2D eigenvalue weighted by Gasteiger charge is 2.43. The van der Waals surface area contributed by atoms with E-state index in [0.29, 0.717) is 19.3 Å². The summed E-state index contributed by atoms with van der Waals surface area (Å²) in [6.45, 7) is 0. The Morgan fingerprint density at radius 3 is 2.71 bits per heavy atom. The number of amides is 2. The standard InChI is InChI=1S/C18H14ClF4N3O2/c19-11-7-14(12(20)6-10(11)18(21,22)23)25-17(28)26-8-1-3-15(26)9-2-4-16(27)24-13(9)5-8/h2,4,6-8,15H,1,3,5H2,(H,24,27)(H,25,28). The summed E-state index contributed by atoms with van der Waals surface area (Å²) in [5.41, 5.74) is -0.366. The molecular formula is C18H14ClF4N3O2. The molecule has 3 heterocycles. The molecule has 2 aliphatic rings. The molecule has 0 spiro atoms. The molecule has 28 heavy (non-hydrogen) atoms. The van der Waals surface area contributed by atoms with Crippen LogP contribution in [0.4, 0.5) is 28.0 Å². The normalized spacial score (nSPS) is 20.8. The number of carbonyl (C=O) groups is 1. The Morgan fingerprint density at radius 1 is 1.25 bits per heavy atom. The van der Waals surface area contributed by atoms with Crippen LogP contribution in [0.3, 0.4) is 0 Å². The molecule has 10 heteroatoms.